The predicted octanol–water partition coefficient (Wildman–Crippen LogP) is 3.24. The zero-order valence-corrected chi connectivity index (χ0v) is 29.9. The normalized spacial score (nSPS) is 20.3. The van der Waals surface area contributed by atoms with Gasteiger partial charge in [-0.3, -0.25) is 29.3 Å². The van der Waals surface area contributed by atoms with Crippen LogP contribution in [0.15, 0.2) is 42.7 Å². The van der Waals surface area contributed by atoms with Crippen LogP contribution in [0.2, 0.25) is 0 Å². The van der Waals surface area contributed by atoms with Crippen molar-refractivity contribution in [1.82, 2.24) is 39.8 Å². The molecule has 1 atom stereocenters. The van der Waals surface area contributed by atoms with Crippen LogP contribution in [-0.4, -0.2) is 111 Å². The van der Waals surface area contributed by atoms with Crippen molar-refractivity contribution in [3.63, 3.8) is 0 Å². The molecule has 7 heterocycles. The molecule has 4 aromatic rings. The topological polar surface area (TPSA) is 154 Å². The minimum Gasteiger partial charge on any atom is -0.381 e. The number of carbonyl (C=O) groups is 3. The van der Waals surface area contributed by atoms with Crippen LogP contribution < -0.4 is 20.4 Å². The van der Waals surface area contributed by atoms with Crippen molar-refractivity contribution in [3.05, 3.63) is 59.4 Å². The third-order valence-corrected chi connectivity index (χ3v) is 10.7. The first-order chi connectivity index (χ1) is 25.2. The molecule has 3 amide bonds. The lowest BCUT2D eigenvalue weighted by molar-refractivity contribution is -0.136. The van der Waals surface area contributed by atoms with E-state index in [2.05, 4.69) is 54.9 Å². The molecule has 0 radical (unpaired) electrons. The molecular weight excluding hydrogens is 662 g/mol. The quantitative estimate of drug-likeness (QED) is 0.246. The third kappa shape index (κ3) is 6.65. The van der Waals surface area contributed by atoms with E-state index >= 15 is 0 Å². The average Bonchev–Trinajstić information content (AvgIpc) is 3.69. The highest BCUT2D eigenvalue weighted by Crippen LogP contribution is 2.32. The van der Waals surface area contributed by atoms with Crippen LogP contribution in [0.3, 0.4) is 0 Å². The minimum atomic E-state index is -0.608. The number of nitrogens with zero attached hydrogens (tertiary/aromatic N) is 9. The van der Waals surface area contributed by atoms with Gasteiger partial charge in [-0.05, 0) is 56.4 Å². The fourth-order valence-electron chi connectivity index (χ4n) is 7.81. The van der Waals surface area contributed by atoms with Gasteiger partial charge in [0, 0.05) is 96.0 Å². The van der Waals surface area contributed by atoms with Crippen LogP contribution in [0.25, 0.3) is 10.9 Å². The number of piperazine rings is 1. The standard InChI is InChI=1S/C37H45N11O4/c1-23(2)48-30-19-32(40-31-8-11-38-37(41-31)46-12-9-26(52-3)10-13-46)39-20-28(30)34(43-48)45-16-14-44(15-17-45)21-24-4-5-27-25(18-24)22-47(36(27)51)29-6-7-33(49)42-35(29)50/h4-5,8,11,18-20,23,26,29H,6-7,9-10,12-17,21-22H2,1-3H3,(H,42,49,50)(H,38,39,40,41). The first-order valence-corrected chi connectivity index (χ1v) is 18.2. The Balaban J connectivity index is 0.916. The summed E-state index contributed by atoms with van der Waals surface area (Å²) >= 11 is 0. The predicted molar refractivity (Wildman–Crippen MR) is 195 cm³/mol. The van der Waals surface area contributed by atoms with Crippen molar-refractivity contribution in [1.29, 1.82) is 0 Å². The maximum absolute atomic E-state index is 13.1. The Labute approximate surface area is 302 Å². The lowest BCUT2D eigenvalue weighted by Crippen LogP contribution is -2.52. The van der Waals surface area contributed by atoms with Crippen molar-refractivity contribution < 1.29 is 19.1 Å². The number of rotatable bonds is 9. The maximum atomic E-state index is 13.1. The zero-order valence-electron chi connectivity index (χ0n) is 29.9. The second-order valence-corrected chi connectivity index (χ2v) is 14.4. The van der Waals surface area contributed by atoms with Gasteiger partial charge in [-0.2, -0.15) is 10.1 Å². The van der Waals surface area contributed by atoms with Gasteiger partial charge in [0.05, 0.1) is 17.0 Å². The summed E-state index contributed by atoms with van der Waals surface area (Å²) in [6.07, 6.45) is 6.51. The van der Waals surface area contributed by atoms with Crippen molar-refractivity contribution in [2.75, 3.05) is 61.5 Å². The smallest absolute Gasteiger partial charge is 0.255 e. The number of aromatic nitrogens is 5. The highest BCUT2D eigenvalue weighted by atomic mass is 16.5. The van der Waals surface area contributed by atoms with Gasteiger partial charge in [-0.15, -0.1) is 0 Å². The molecule has 3 saturated heterocycles. The van der Waals surface area contributed by atoms with Crippen molar-refractivity contribution >= 4 is 52.0 Å². The summed E-state index contributed by atoms with van der Waals surface area (Å²) in [5.41, 5.74) is 3.72. The number of fused-ring (bicyclic) bond motifs is 2. The molecule has 15 nitrogen and oxygen atoms in total. The summed E-state index contributed by atoms with van der Waals surface area (Å²) in [5.74, 6) is 2.22. The largest absolute Gasteiger partial charge is 0.381 e. The molecule has 0 bridgehead atoms. The SMILES string of the molecule is COC1CCN(c2nccc(Nc3cc4c(cn3)c(N3CCN(Cc5ccc6c(c5)CN(C5CCC(=O)NC5=O)C6=O)CC3)nn4C(C)C)n2)CC1. The summed E-state index contributed by atoms with van der Waals surface area (Å²) < 4.78 is 7.59. The van der Waals surface area contributed by atoms with Gasteiger partial charge in [0.1, 0.15) is 17.7 Å². The number of pyridine rings is 1. The molecule has 4 aliphatic rings. The summed E-state index contributed by atoms with van der Waals surface area (Å²) in [6, 6.07) is 9.45. The fourth-order valence-corrected chi connectivity index (χ4v) is 7.81. The van der Waals surface area contributed by atoms with E-state index in [9.17, 15) is 14.4 Å². The Bertz CT molecular complexity index is 2000. The van der Waals surface area contributed by atoms with Gasteiger partial charge >= 0.3 is 0 Å². The van der Waals surface area contributed by atoms with Crippen LogP contribution in [0, 0.1) is 0 Å². The monoisotopic (exact) mass is 707 g/mol. The Morgan fingerprint density at radius 2 is 1.75 bits per heavy atom. The Morgan fingerprint density at radius 3 is 2.50 bits per heavy atom. The molecule has 2 N–H and O–H groups in total. The fraction of sp³-hybridized carbons (Fsp3) is 0.486. The number of imide groups is 1. The molecule has 3 fully saturated rings. The van der Waals surface area contributed by atoms with E-state index in [4.69, 9.17) is 19.8 Å². The number of amides is 3. The molecule has 0 aliphatic carbocycles. The molecule has 15 heteroatoms. The van der Waals surface area contributed by atoms with E-state index < -0.39 is 6.04 Å². The second kappa shape index (κ2) is 14.1. The number of benzene rings is 1. The molecule has 3 aromatic heterocycles. The van der Waals surface area contributed by atoms with E-state index in [-0.39, 0.29) is 30.2 Å². The molecule has 4 aliphatic heterocycles. The van der Waals surface area contributed by atoms with Gasteiger partial charge in [0.15, 0.2) is 5.82 Å². The third-order valence-electron chi connectivity index (χ3n) is 10.7. The van der Waals surface area contributed by atoms with Gasteiger partial charge in [-0.25, -0.2) is 9.97 Å². The lowest BCUT2D eigenvalue weighted by Gasteiger charge is -2.35. The Morgan fingerprint density at radius 1 is 0.942 bits per heavy atom. The van der Waals surface area contributed by atoms with E-state index in [1.807, 2.05) is 30.5 Å². The van der Waals surface area contributed by atoms with E-state index in [0.717, 1.165) is 86.5 Å². The molecule has 52 heavy (non-hydrogen) atoms. The molecule has 0 saturated carbocycles. The summed E-state index contributed by atoms with van der Waals surface area (Å²) in [6.45, 7) is 10.5. The zero-order chi connectivity index (χ0) is 35.9. The number of ether oxygens (including phenoxy) is 1. The first-order valence-electron chi connectivity index (χ1n) is 18.2. The second-order valence-electron chi connectivity index (χ2n) is 14.4. The van der Waals surface area contributed by atoms with Crippen molar-refractivity contribution in [3.8, 4) is 0 Å². The number of piperidine rings is 2. The summed E-state index contributed by atoms with van der Waals surface area (Å²) in [4.78, 5) is 59.9. The lowest BCUT2D eigenvalue weighted by atomic mass is 10.0. The van der Waals surface area contributed by atoms with Crippen LogP contribution in [-0.2, 0) is 27.4 Å². The number of anilines is 4. The molecule has 1 aromatic carbocycles. The van der Waals surface area contributed by atoms with Crippen LogP contribution in [0.4, 0.5) is 23.4 Å². The van der Waals surface area contributed by atoms with Gasteiger partial charge < -0.3 is 24.8 Å². The van der Waals surface area contributed by atoms with Crippen LogP contribution in [0.5, 0.6) is 0 Å². The van der Waals surface area contributed by atoms with E-state index in [1.54, 1.807) is 18.2 Å². The van der Waals surface area contributed by atoms with Crippen molar-refractivity contribution in [2.45, 2.75) is 70.8 Å². The molecule has 0 spiro atoms. The Kier molecular flexibility index (Phi) is 9.22. The minimum absolute atomic E-state index is 0.146. The van der Waals surface area contributed by atoms with Gasteiger partial charge in [0.2, 0.25) is 17.8 Å². The summed E-state index contributed by atoms with van der Waals surface area (Å²) in [5, 5.41) is 11.9. The Hall–Kier alpha value is -5.15. The molecule has 272 valence electrons. The van der Waals surface area contributed by atoms with Crippen LogP contribution >= 0.6 is 0 Å². The number of nitrogens with one attached hydrogen (secondary N) is 2. The van der Waals surface area contributed by atoms with Crippen molar-refractivity contribution in [2.24, 2.45) is 0 Å². The van der Waals surface area contributed by atoms with Gasteiger partial charge in [-0.1, -0.05) is 12.1 Å². The first kappa shape index (κ1) is 34.0. The summed E-state index contributed by atoms with van der Waals surface area (Å²) in [7, 11) is 1.77. The highest BCUT2D eigenvalue weighted by Gasteiger charge is 2.39. The van der Waals surface area contributed by atoms with E-state index in [0.29, 0.717) is 42.2 Å². The highest BCUT2D eigenvalue weighted by molar-refractivity contribution is 6.05. The van der Waals surface area contributed by atoms with E-state index in [1.165, 1.54) is 0 Å². The average molecular weight is 708 g/mol. The molecule has 1 unspecified atom stereocenters. The van der Waals surface area contributed by atoms with Gasteiger partial charge in [0.25, 0.3) is 5.91 Å². The molecular formula is C37H45N11O4. The number of methoxy groups -OCH3 is 1. The molecule has 8 rings (SSSR count). The van der Waals surface area contributed by atoms with Crippen LogP contribution in [0.1, 0.15) is 67.1 Å². The number of carbonyl (C=O) groups excluding carboxylic acids is 3. The number of hydrogen-bond donors (Lipinski definition) is 2. The maximum Gasteiger partial charge on any atom is 0.255 e. The number of hydrogen-bond acceptors (Lipinski definition) is 12.